The van der Waals surface area contributed by atoms with Gasteiger partial charge in [-0.05, 0) is 49.2 Å². The molecule has 0 amide bonds. The summed E-state index contributed by atoms with van der Waals surface area (Å²) in [5.74, 6) is 1.70. The number of anilines is 1. The molecule has 3 N–H and O–H groups in total. The first-order valence-corrected chi connectivity index (χ1v) is 16.2. The summed E-state index contributed by atoms with van der Waals surface area (Å²) in [5, 5.41) is 6.87. The van der Waals surface area contributed by atoms with E-state index in [1.54, 1.807) is 24.7 Å². The third-order valence-electron chi connectivity index (χ3n) is 7.54. The van der Waals surface area contributed by atoms with Gasteiger partial charge in [-0.2, -0.15) is 0 Å². The van der Waals surface area contributed by atoms with Crippen LogP contribution in [-0.4, -0.2) is 54.2 Å². The minimum atomic E-state index is 0. The Morgan fingerprint density at radius 3 is 1.67 bits per heavy atom. The molecular formula is C34H32Cl4N8O2. The molecule has 14 heteroatoms. The van der Waals surface area contributed by atoms with Crippen LogP contribution in [0.15, 0.2) is 97.6 Å². The van der Waals surface area contributed by atoms with Gasteiger partial charge in [0.1, 0.15) is 23.2 Å². The maximum atomic E-state index is 5.95. The second-order valence-electron chi connectivity index (χ2n) is 11.0. The molecular weight excluding hydrogens is 694 g/mol. The number of hydrogen-bond donors (Lipinski definition) is 2. The zero-order valence-corrected chi connectivity index (χ0v) is 28.6. The normalized spacial score (nSPS) is 19.2. The van der Waals surface area contributed by atoms with Gasteiger partial charge in [-0.25, -0.2) is 29.9 Å². The maximum Gasteiger partial charge on any atom is 0.252 e. The van der Waals surface area contributed by atoms with Crippen molar-refractivity contribution in [2.75, 3.05) is 5.32 Å². The zero-order chi connectivity index (χ0) is 32.6. The van der Waals surface area contributed by atoms with E-state index in [1.807, 2.05) is 54.6 Å². The molecule has 2 saturated carbocycles. The third kappa shape index (κ3) is 9.52. The molecule has 10 nitrogen and oxygen atoms in total. The van der Waals surface area contributed by atoms with Crippen molar-refractivity contribution in [2.45, 2.75) is 50.0 Å². The quantitative estimate of drug-likeness (QED) is 0.163. The molecule has 0 atom stereocenters. The highest BCUT2D eigenvalue weighted by atomic mass is 35.5. The highest BCUT2D eigenvalue weighted by molar-refractivity contribution is 6.31. The fourth-order valence-electron chi connectivity index (χ4n) is 4.97. The van der Waals surface area contributed by atoms with Crippen molar-refractivity contribution < 1.29 is 9.47 Å². The molecule has 2 fully saturated rings. The Balaban J connectivity index is 0.000000153. The lowest BCUT2D eigenvalue weighted by atomic mass is 9.89. The van der Waals surface area contributed by atoms with Gasteiger partial charge in [-0.15, -0.1) is 12.4 Å². The van der Waals surface area contributed by atoms with Gasteiger partial charge >= 0.3 is 0 Å². The van der Waals surface area contributed by atoms with E-state index in [0.29, 0.717) is 33.3 Å². The number of ether oxygens (including phenoxy) is 2. The number of aromatic nitrogens is 6. The summed E-state index contributed by atoms with van der Waals surface area (Å²) in [6, 6.07) is 24.4. The van der Waals surface area contributed by atoms with Crippen LogP contribution in [0.2, 0.25) is 15.5 Å². The molecule has 2 aliphatic carbocycles. The summed E-state index contributed by atoms with van der Waals surface area (Å²) < 4.78 is 11.2. The van der Waals surface area contributed by atoms with Crippen LogP contribution in [0.25, 0.3) is 21.8 Å². The SMILES string of the molecule is Cl.Clc1ccc2ccccc2n1.Clc1nccnc1OC1CC(Nc2ccc3ccccc3n2)C1.NC1CC(Oc2nccnc2Cl)C1. The van der Waals surface area contributed by atoms with Gasteiger partial charge in [0.2, 0.25) is 0 Å². The van der Waals surface area contributed by atoms with E-state index >= 15 is 0 Å². The van der Waals surface area contributed by atoms with Crippen LogP contribution in [0.5, 0.6) is 11.8 Å². The topological polar surface area (TPSA) is 134 Å². The van der Waals surface area contributed by atoms with Crippen LogP contribution in [0, 0.1) is 0 Å². The van der Waals surface area contributed by atoms with Crippen molar-refractivity contribution in [1.82, 2.24) is 29.9 Å². The largest absolute Gasteiger partial charge is 0.472 e. The lowest BCUT2D eigenvalue weighted by molar-refractivity contribution is 0.0955. The lowest BCUT2D eigenvalue weighted by Crippen LogP contribution is -2.43. The number of para-hydroxylation sites is 2. The van der Waals surface area contributed by atoms with Crippen molar-refractivity contribution in [3.63, 3.8) is 0 Å². The Kier molecular flexibility index (Phi) is 12.4. The second-order valence-corrected chi connectivity index (χ2v) is 12.1. The number of halogens is 4. The summed E-state index contributed by atoms with van der Waals surface area (Å²) in [6.45, 7) is 0. The summed E-state index contributed by atoms with van der Waals surface area (Å²) in [7, 11) is 0. The van der Waals surface area contributed by atoms with Crippen molar-refractivity contribution in [3.8, 4) is 11.8 Å². The number of benzene rings is 2. The van der Waals surface area contributed by atoms with E-state index in [9.17, 15) is 0 Å². The summed E-state index contributed by atoms with van der Waals surface area (Å²) >= 11 is 17.4. The second kappa shape index (κ2) is 16.9. The first kappa shape index (κ1) is 35.3. The zero-order valence-electron chi connectivity index (χ0n) is 25.5. The summed E-state index contributed by atoms with van der Waals surface area (Å²) in [5.41, 5.74) is 7.55. The van der Waals surface area contributed by atoms with Gasteiger partial charge in [0.15, 0.2) is 10.3 Å². The number of hydrogen-bond acceptors (Lipinski definition) is 10. The van der Waals surface area contributed by atoms with E-state index in [-0.39, 0.29) is 30.7 Å². The minimum Gasteiger partial charge on any atom is -0.472 e. The molecule has 4 heterocycles. The summed E-state index contributed by atoms with van der Waals surface area (Å²) in [4.78, 5) is 24.6. The van der Waals surface area contributed by atoms with E-state index in [0.717, 1.165) is 53.3 Å². The monoisotopic (exact) mass is 724 g/mol. The van der Waals surface area contributed by atoms with Gasteiger partial charge in [0.05, 0.1) is 11.0 Å². The number of nitrogens with zero attached hydrogens (tertiary/aromatic N) is 6. The molecule has 0 spiro atoms. The molecule has 6 aromatic rings. The predicted octanol–water partition coefficient (Wildman–Crippen LogP) is 8.01. The van der Waals surface area contributed by atoms with Crippen LogP contribution in [-0.2, 0) is 0 Å². The molecule has 0 radical (unpaired) electrons. The van der Waals surface area contributed by atoms with Crippen LogP contribution in [0.3, 0.4) is 0 Å². The Morgan fingerprint density at radius 2 is 1.10 bits per heavy atom. The van der Waals surface area contributed by atoms with Crippen LogP contribution >= 0.6 is 47.2 Å². The van der Waals surface area contributed by atoms with Gasteiger partial charge < -0.3 is 20.5 Å². The average molecular weight is 726 g/mol. The number of rotatable bonds is 6. The Hall–Kier alpha value is -4.06. The molecule has 4 aromatic heterocycles. The molecule has 2 aliphatic rings. The molecule has 8 rings (SSSR count). The average Bonchev–Trinajstić information content (AvgIpc) is 3.05. The molecule has 48 heavy (non-hydrogen) atoms. The Labute approximate surface area is 298 Å². The van der Waals surface area contributed by atoms with E-state index in [1.165, 1.54) is 6.20 Å². The molecule has 0 aliphatic heterocycles. The first-order chi connectivity index (χ1) is 22.9. The fourth-order valence-corrected chi connectivity index (χ4v) is 5.42. The number of nitrogens with two attached hydrogens (primary N) is 1. The number of fused-ring (bicyclic) bond motifs is 2. The van der Waals surface area contributed by atoms with Crippen molar-refractivity contribution >= 4 is 74.8 Å². The Bertz CT molecular complexity index is 1940. The highest BCUT2D eigenvalue weighted by Crippen LogP contribution is 2.30. The van der Waals surface area contributed by atoms with Crippen LogP contribution in [0.1, 0.15) is 25.7 Å². The van der Waals surface area contributed by atoms with Crippen LogP contribution in [0.4, 0.5) is 5.82 Å². The highest BCUT2D eigenvalue weighted by Gasteiger charge is 2.32. The van der Waals surface area contributed by atoms with Crippen LogP contribution < -0.4 is 20.5 Å². The van der Waals surface area contributed by atoms with E-state index in [4.69, 9.17) is 50.0 Å². The van der Waals surface area contributed by atoms with Crippen molar-refractivity contribution in [1.29, 1.82) is 0 Å². The van der Waals surface area contributed by atoms with E-state index < -0.39 is 0 Å². The Morgan fingerprint density at radius 1 is 0.604 bits per heavy atom. The lowest BCUT2D eigenvalue weighted by Gasteiger charge is -2.35. The molecule has 2 aromatic carbocycles. The smallest absolute Gasteiger partial charge is 0.252 e. The maximum absolute atomic E-state index is 5.95. The van der Waals surface area contributed by atoms with Crippen molar-refractivity contribution in [3.05, 3.63) is 113 Å². The standard InChI is InChI=1S/C17H15ClN4O.C9H6ClN.C8H10ClN3O.ClH/c18-16-17(20-8-7-19-16)23-13-9-12(10-13)21-15-6-5-11-3-1-2-4-14(11)22-15;10-9-6-5-7-3-1-2-4-8(7)11-9;9-7-8(12-2-1-11-7)13-6-3-5(10)4-6;/h1-8,12-13H,9-10H2,(H,21,22);1-6H;1-2,5-6H,3-4,10H2;1H. The number of nitrogens with one attached hydrogen (secondary N) is 1. The minimum absolute atomic E-state index is 0. The van der Waals surface area contributed by atoms with Gasteiger partial charge in [0.25, 0.3) is 11.8 Å². The first-order valence-electron chi connectivity index (χ1n) is 15.0. The van der Waals surface area contributed by atoms with Gasteiger partial charge in [0, 0.05) is 60.5 Å². The molecule has 0 bridgehead atoms. The molecule has 0 saturated heterocycles. The van der Waals surface area contributed by atoms with Gasteiger partial charge in [-0.3, -0.25) is 0 Å². The van der Waals surface area contributed by atoms with Crippen molar-refractivity contribution in [2.24, 2.45) is 5.73 Å². The number of pyridine rings is 2. The van der Waals surface area contributed by atoms with E-state index in [2.05, 4.69) is 47.4 Å². The molecule has 248 valence electrons. The van der Waals surface area contributed by atoms with Gasteiger partial charge in [-0.1, -0.05) is 71.2 Å². The molecule has 0 unspecified atom stereocenters. The third-order valence-corrected chi connectivity index (χ3v) is 8.27. The fraction of sp³-hybridized carbons (Fsp3) is 0.235. The predicted molar refractivity (Wildman–Crippen MR) is 193 cm³/mol. The summed E-state index contributed by atoms with van der Waals surface area (Å²) in [6.07, 6.45) is 10.00.